The molecule has 1 aliphatic rings. The maximum atomic E-state index is 9.78. The molecule has 0 saturated heterocycles. The van der Waals surface area contributed by atoms with E-state index in [4.69, 9.17) is 4.74 Å². The first-order chi connectivity index (χ1) is 9.60. The molecule has 1 aromatic rings. The van der Waals surface area contributed by atoms with E-state index in [0.717, 1.165) is 18.3 Å². The fraction of sp³-hybridized carbons (Fsp3) is 0.625. The maximum absolute atomic E-state index is 9.78. The molecular weight excluding hydrogens is 252 g/mol. The highest BCUT2D eigenvalue weighted by Crippen LogP contribution is 2.22. The van der Waals surface area contributed by atoms with Crippen molar-refractivity contribution < 1.29 is 9.84 Å². The number of rotatable bonds is 8. The van der Waals surface area contributed by atoms with Gasteiger partial charge < -0.3 is 20.1 Å². The highest BCUT2D eigenvalue weighted by Gasteiger charge is 2.20. The van der Waals surface area contributed by atoms with E-state index in [0.29, 0.717) is 13.2 Å². The van der Waals surface area contributed by atoms with Gasteiger partial charge in [0.2, 0.25) is 0 Å². The van der Waals surface area contributed by atoms with Crippen molar-refractivity contribution >= 4 is 5.69 Å². The number of anilines is 1. The Morgan fingerprint density at radius 3 is 2.80 bits per heavy atom. The van der Waals surface area contributed by atoms with Crippen LogP contribution >= 0.6 is 0 Å². The summed E-state index contributed by atoms with van der Waals surface area (Å²) < 4.78 is 4.96. The van der Waals surface area contributed by atoms with Gasteiger partial charge in [-0.15, -0.1) is 0 Å². The zero-order valence-electron chi connectivity index (χ0n) is 12.7. The van der Waals surface area contributed by atoms with Gasteiger partial charge in [0.1, 0.15) is 0 Å². The minimum absolute atomic E-state index is 0.368. The van der Waals surface area contributed by atoms with Crippen molar-refractivity contribution in [1.82, 2.24) is 5.32 Å². The second-order valence-corrected chi connectivity index (χ2v) is 5.76. The number of aliphatic hydroxyl groups is 1. The summed E-state index contributed by atoms with van der Waals surface area (Å²) in [6.07, 6.45) is 2.18. The van der Waals surface area contributed by atoms with Crippen LogP contribution in [0.25, 0.3) is 0 Å². The van der Waals surface area contributed by atoms with E-state index in [-0.39, 0.29) is 0 Å². The smallest absolute Gasteiger partial charge is 0.0947 e. The predicted octanol–water partition coefficient (Wildman–Crippen LogP) is 1.69. The van der Waals surface area contributed by atoms with Gasteiger partial charge in [0, 0.05) is 39.0 Å². The Kier molecular flexibility index (Phi) is 5.40. The topological polar surface area (TPSA) is 44.7 Å². The normalized spacial score (nSPS) is 16.2. The second kappa shape index (κ2) is 7.07. The molecule has 0 aromatic heterocycles. The summed E-state index contributed by atoms with van der Waals surface area (Å²) in [7, 11) is 3.60. The lowest BCUT2D eigenvalue weighted by molar-refractivity contribution is 0.0695. The van der Waals surface area contributed by atoms with Gasteiger partial charge in [-0.2, -0.15) is 0 Å². The van der Waals surface area contributed by atoms with Gasteiger partial charge in [0.15, 0.2) is 0 Å². The Bertz CT molecular complexity index is 432. The van der Waals surface area contributed by atoms with Crippen LogP contribution in [0.15, 0.2) is 18.2 Å². The van der Waals surface area contributed by atoms with E-state index in [2.05, 4.69) is 35.3 Å². The first-order valence-corrected chi connectivity index (χ1v) is 7.31. The SMILES string of the molecule is COCC(O)CN(C)c1ccc(CNC2CC2)c(C)c1. The molecule has 0 heterocycles. The Morgan fingerprint density at radius 2 is 2.20 bits per heavy atom. The van der Waals surface area contributed by atoms with Crippen LogP contribution in [0, 0.1) is 6.92 Å². The van der Waals surface area contributed by atoms with Crippen molar-refractivity contribution in [2.75, 3.05) is 32.2 Å². The summed E-state index contributed by atoms with van der Waals surface area (Å²) in [6.45, 7) is 4.04. The number of hydrogen-bond acceptors (Lipinski definition) is 4. The maximum Gasteiger partial charge on any atom is 0.0947 e. The molecular formula is C16H26N2O2. The first-order valence-electron chi connectivity index (χ1n) is 7.31. The summed E-state index contributed by atoms with van der Waals surface area (Å²) >= 11 is 0. The average molecular weight is 278 g/mol. The van der Waals surface area contributed by atoms with E-state index in [1.54, 1.807) is 7.11 Å². The van der Waals surface area contributed by atoms with Gasteiger partial charge >= 0.3 is 0 Å². The lowest BCUT2D eigenvalue weighted by atomic mass is 10.1. The Morgan fingerprint density at radius 1 is 1.45 bits per heavy atom. The molecule has 0 bridgehead atoms. The van der Waals surface area contributed by atoms with Crippen LogP contribution < -0.4 is 10.2 Å². The van der Waals surface area contributed by atoms with Gasteiger partial charge in [-0.25, -0.2) is 0 Å². The van der Waals surface area contributed by atoms with Crippen LogP contribution in [0.2, 0.25) is 0 Å². The van der Waals surface area contributed by atoms with Crippen LogP contribution in [-0.2, 0) is 11.3 Å². The van der Waals surface area contributed by atoms with Gasteiger partial charge in [0.05, 0.1) is 12.7 Å². The number of nitrogens with zero attached hydrogens (tertiary/aromatic N) is 1. The zero-order valence-corrected chi connectivity index (χ0v) is 12.7. The van der Waals surface area contributed by atoms with Crippen LogP contribution in [-0.4, -0.2) is 44.6 Å². The summed E-state index contributed by atoms with van der Waals surface area (Å²) in [5, 5.41) is 13.3. The molecule has 2 N–H and O–H groups in total. The average Bonchev–Trinajstić information content (AvgIpc) is 3.21. The summed E-state index contributed by atoms with van der Waals surface area (Å²) in [6, 6.07) is 7.22. The number of aliphatic hydroxyl groups excluding tert-OH is 1. The number of likely N-dealkylation sites (N-methyl/N-ethyl adjacent to an activating group) is 1. The molecule has 1 aromatic carbocycles. The lowest BCUT2D eigenvalue weighted by Gasteiger charge is -2.23. The van der Waals surface area contributed by atoms with Crippen molar-refractivity contribution in [1.29, 1.82) is 0 Å². The van der Waals surface area contributed by atoms with E-state index in [9.17, 15) is 5.11 Å². The molecule has 1 fully saturated rings. The zero-order chi connectivity index (χ0) is 14.5. The molecule has 1 atom stereocenters. The quantitative estimate of drug-likeness (QED) is 0.759. The van der Waals surface area contributed by atoms with Crippen LogP contribution in [0.1, 0.15) is 24.0 Å². The van der Waals surface area contributed by atoms with Crippen molar-refractivity contribution in [3.05, 3.63) is 29.3 Å². The van der Waals surface area contributed by atoms with Gasteiger partial charge in [-0.3, -0.25) is 0 Å². The molecule has 4 nitrogen and oxygen atoms in total. The molecule has 0 aliphatic heterocycles. The van der Waals surface area contributed by atoms with Gasteiger partial charge in [0.25, 0.3) is 0 Å². The van der Waals surface area contributed by atoms with Crippen molar-refractivity contribution in [2.45, 2.75) is 38.5 Å². The van der Waals surface area contributed by atoms with Crippen molar-refractivity contribution in [3.63, 3.8) is 0 Å². The number of nitrogens with one attached hydrogen (secondary N) is 1. The summed E-state index contributed by atoms with van der Waals surface area (Å²) in [5.41, 5.74) is 3.78. The minimum atomic E-state index is -0.457. The van der Waals surface area contributed by atoms with E-state index in [1.807, 2.05) is 7.05 Å². The molecule has 1 unspecified atom stereocenters. The van der Waals surface area contributed by atoms with E-state index in [1.165, 1.54) is 24.0 Å². The molecule has 20 heavy (non-hydrogen) atoms. The van der Waals surface area contributed by atoms with Gasteiger partial charge in [-0.05, 0) is 43.0 Å². The number of benzene rings is 1. The fourth-order valence-electron chi connectivity index (χ4n) is 2.32. The second-order valence-electron chi connectivity index (χ2n) is 5.76. The Hall–Kier alpha value is -1.10. The molecule has 1 aliphatic carbocycles. The molecule has 1 saturated carbocycles. The summed E-state index contributed by atoms with van der Waals surface area (Å²) in [5.74, 6) is 0. The third-order valence-corrected chi connectivity index (χ3v) is 3.77. The van der Waals surface area contributed by atoms with Crippen LogP contribution in [0.4, 0.5) is 5.69 Å². The van der Waals surface area contributed by atoms with E-state index < -0.39 is 6.10 Å². The Labute approximate surface area is 121 Å². The number of methoxy groups -OCH3 is 1. The minimum Gasteiger partial charge on any atom is -0.389 e. The number of ether oxygens (including phenoxy) is 1. The summed E-state index contributed by atoms with van der Waals surface area (Å²) in [4.78, 5) is 2.06. The molecule has 0 radical (unpaired) electrons. The third kappa shape index (κ3) is 4.47. The largest absolute Gasteiger partial charge is 0.389 e. The lowest BCUT2D eigenvalue weighted by Crippen LogP contribution is -2.31. The number of aryl methyl sites for hydroxylation is 1. The monoisotopic (exact) mass is 278 g/mol. The highest BCUT2D eigenvalue weighted by molar-refractivity contribution is 5.50. The highest BCUT2D eigenvalue weighted by atomic mass is 16.5. The van der Waals surface area contributed by atoms with Gasteiger partial charge in [-0.1, -0.05) is 6.07 Å². The fourth-order valence-corrected chi connectivity index (χ4v) is 2.32. The van der Waals surface area contributed by atoms with Crippen molar-refractivity contribution in [3.8, 4) is 0 Å². The Balaban J connectivity index is 1.92. The molecule has 4 heteroatoms. The van der Waals surface area contributed by atoms with E-state index >= 15 is 0 Å². The van der Waals surface area contributed by atoms with Crippen LogP contribution in [0.3, 0.4) is 0 Å². The van der Waals surface area contributed by atoms with Crippen molar-refractivity contribution in [2.24, 2.45) is 0 Å². The number of hydrogen-bond donors (Lipinski definition) is 2. The van der Waals surface area contributed by atoms with Crippen LogP contribution in [0.5, 0.6) is 0 Å². The standard InChI is InChI=1S/C16H26N2O2/c1-12-8-15(18(2)10-16(19)11-20-3)7-4-13(12)9-17-14-5-6-14/h4,7-8,14,16-17,19H,5-6,9-11H2,1-3H3. The molecule has 2 rings (SSSR count). The predicted molar refractivity (Wildman–Crippen MR) is 82.2 cm³/mol. The molecule has 112 valence electrons. The molecule has 0 amide bonds. The first kappa shape index (κ1) is 15.3. The third-order valence-electron chi connectivity index (χ3n) is 3.77. The molecule has 0 spiro atoms.